The van der Waals surface area contributed by atoms with Crippen molar-refractivity contribution in [3.63, 3.8) is 0 Å². The first kappa shape index (κ1) is 15.3. The van der Waals surface area contributed by atoms with Crippen LogP contribution in [0.1, 0.15) is 52.4 Å². The highest BCUT2D eigenvalue weighted by Gasteiger charge is 2.42. The molecule has 0 aliphatic heterocycles. The molecule has 5 heteroatoms. The number of carbonyl (C=O) groups is 1. The summed E-state index contributed by atoms with van der Waals surface area (Å²) in [5, 5.41) is 0. The molecule has 0 amide bonds. The highest BCUT2D eigenvalue weighted by Crippen LogP contribution is 2.21. The molecule has 0 saturated carbocycles. The van der Waals surface area contributed by atoms with Gasteiger partial charge in [-0.3, -0.25) is 0 Å². The minimum Gasteiger partial charge on any atom is -0.456 e. The number of esters is 1. The number of ether oxygens (including phenoxy) is 1. The van der Waals surface area contributed by atoms with Crippen molar-refractivity contribution in [1.29, 1.82) is 0 Å². The molecular weight excluding hydrogens is 221 g/mol. The van der Waals surface area contributed by atoms with E-state index in [9.17, 15) is 18.0 Å². The van der Waals surface area contributed by atoms with Crippen molar-refractivity contribution in [2.75, 3.05) is 0 Å². The Morgan fingerprint density at radius 2 is 1.56 bits per heavy atom. The summed E-state index contributed by atoms with van der Waals surface area (Å²) in [4.78, 5) is 10.7. The van der Waals surface area contributed by atoms with Gasteiger partial charge in [0.2, 0.25) is 0 Å². The summed E-state index contributed by atoms with van der Waals surface area (Å²) >= 11 is 0. The van der Waals surface area contributed by atoms with E-state index in [2.05, 4.69) is 4.74 Å². The molecule has 0 rings (SSSR count). The van der Waals surface area contributed by atoms with Crippen molar-refractivity contribution in [2.24, 2.45) is 0 Å². The first-order chi connectivity index (χ1) is 7.41. The number of hydrogen-bond donors (Lipinski definition) is 0. The van der Waals surface area contributed by atoms with Crippen LogP contribution in [-0.4, -0.2) is 18.2 Å². The molecule has 0 unspecified atom stereocenters. The van der Waals surface area contributed by atoms with Gasteiger partial charge >= 0.3 is 12.1 Å². The largest absolute Gasteiger partial charge is 0.490 e. The topological polar surface area (TPSA) is 26.3 Å². The smallest absolute Gasteiger partial charge is 0.456 e. The Morgan fingerprint density at radius 1 is 1.12 bits per heavy atom. The average molecular weight is 240 g/mol. The predicted molar refractivity (Wildman–Crippen MR) is 55.0 cm³/mol. The van der Waals surface area contributed by atoms with Gasteiger partial charge in [-0.1, -0.05) is 39.5 Å². The van der Waals surface area contributed by atoms with Gasteiger partial charge in [0, 0.05) is 0 Å². The number of alkyl halides is 3. The van der Waals surface area contributed by atoms with Crippen molar-refractivity contribution in [2.45, 2.75) is 64.7 Å². The normalized spacial score (nSPS) is 11.9. The quantitative estimate of drug-likeness (QED) is 0.632. The maximum absolute atomic E-state index is 12.0. The van der Waals surface area contributed by atoms with Gasteiger partial charge in [-0.05, 0) is 12.8 Å². The van der Waals surface area contributed by atoms with E-state index in [-0.39, 0.29) is 0 Å². The van der Waals surface area contributed by atoms with Gasteiger partial charge in [-0.2, -0.15) is 13.2 Å². The van der Waals surface area contributed by atoms with Crippen LogP contribution in [0.25, 0.3) is 0 Å². The third-order valence-electron chi connectivity index (χ3n) is 2.26. The minimum absolute atomic E-state index is 0.512. The van der Waals surface area contributed by atoms with E-state index in [0.29, 0.717) is 12.8 Å². The van der Waals surface area contributed by atoms with Crippen LogP contribution < -0.4 is 0 Å². The lowest BCUT2D eigenvalue weighted by Crippen LogP contribution is -2.30. The van der Waals surface area contributed by atoms with E-state index >= 15 is 0 Å². The fourth-order valence-corrected chi connectivity index (χ4v) is 1.34. The van der Waals surface area contributed by atoms with Crippen LogP contribution in [0, 0.1) is 0 Å². The average Bonchev–Trinajstić information content (AvgIpc) is 2.20. The Balaban J connectivity index is 4.13. The monoisotopic (exact) mass is 240 g/mol. The Hall–Kier alpha value is -0.740. The summed E-state index contributed by atoms with van der Waals surface area (Å²) in [5.74, 6) is -2.07. The summed E-state index contributed by atoms with van der Waals surface area (Å²) in [7, 11) is 0. The lowest BCUT2D eigenvalue weighted by molar-refractivity contribution is -0.205. The number of carbonyl (C=O) groups excluding carboxylic acids is 1. The second-order valence-corrected chi connectivity index (χ2v) is 3.81. The molecular formula is C11H19F3O2. The van der Waals surface area contributed by atoms with Crippen molar-refractivity contribution in [3.05, 3.63) is 0 Å². The van der Waals surface area contributed by atoms with Crippen molar-refractivity contribution in [1.82, 2.24) is 0 Å². The highest BCUT2D eigenvalue weighted by molar-refractivity contribution is 5.75. The highest BCUT2D eigenvalue weighted by atomic mass is 19.4. The molecule has 0 spiro atoms. The van der Waals surface area contributed by atoms with Gasteiger partial charge < -0.3 is 4.74 Å². The number of rotatable bonds is 7. The summed E-state index contributed by atoms with van der Waals surface area (Å²) in [6, 6.07) is 0. The molecule has 0 aliphatic carbocycles. The van der Waals surface area contributed by atoms with Gasteiger partial charge in [0.15, 0.2) is 0 Å². The van der Waals surface area contributed by atoms with Gasteiger partial charge in [0.1, 0.15) is 6.10 Å². The van der Waals surface area contributed by atoms with Crippen LogP contribution >= 0.6 is 0 Å². The van der Waals surface area contributed by atoms with Crippen LogP contribution in [-0.2, 0) is 9.53 Å². The van der Waals surface area contributed by atoms with E-state index < -0.39 is 18.2 Å². The molecule has 96 valence electrons. The molecule has 0 atom stereocenters. The van der Waals surface area contributed by atoms with Gasteiger partial charge in [-0.15, -0.1) is 0 Å². The van der Waals surface area contributed by atoms with Crippen molar-refractivity contribution >= 4 is 5.97 Å². The molecule has 0 aliphatic rings. The van der Waals surface area contributed by atoms with E-state index in [1.165, 1.54) is 0 Å². The van der Waals surface area contributed by atoms with Crippen LogP contribution in [0.2, 0.25) is 0 Å². The molecule has 0 radical (unpaired) electrons. The lowest BCUT2D eigenvalue weighted by atomic mass is 10.1. The van der Waals surface area contributed by atoms with Crippen LogP contribution in [0.5, 0.6) is 0 Å². The molecule has 0 saturated heterocycles. The van der Waals surface area contributed by atoms with Crippen molar-refractivity contribution < 1.29 is 22.7 Å². The zero-order chi connectivity index (χ0) is 12.6. The molecule has 0 aromatic rings. The molecule has 2 nitrogen and oxygen atoms in total. The maximum atomic E-state index is 12.0. The second kappa shape index (κ2) is 7.52. The zero-order valence-electron chi connectivity index (χ0n) is 9.77. The summed E-state index contributed by atoms with van der Waals surface area (Å²) in [6.45, 7) is 3.89. The van der Waals surface area contributed by atoms with E-state index in [0.717, 1.165) is 25.7 Å². The fourth-order valence-electron chi connectivity index (χ4n) is 1.34. The van der Waals surface area contributed by atoms with Crippen LogP contribution in [0.4, 0.5) is 13.2 Å². The van der Waals surface area contributed by atoms with Crippen molar-refractivity contribution in [3.8, 4) is 0 Å². The standard InChI is InChI=1S/C11H19F3O2/c1-3-5-7-9(8-6-4-2)16-10(15)11(12,13)14/h9H,3-8H2,1-2H3. The Labute approximate surface area is 94.2 Å². The number of unbranched alkanes of at least 4 members (excludes halogenated alkanes) is 2. The Bertz CT molecular complexity index is 194. The molecule has 0 heterocycles. The molecule has 16 heavy (non-hydrogen) atoms. The number of hydrogen-bond acceptors (Lipinski definition) is 2. The third kappa shape index (κ3) is 6.69. The summed E-state index contributed by atoms with van der Waals surface area (Å²) in [5.41, 5.74) is 0. The van der Waals surface area contributed by atoms with Gasteiger partial charge in [0.25, 0.3) is 0 Å². The van der Waals surface area contributed by atoms with Gasteiger partial charge in [0.05, 0.1) is 0 Å². The third-order valence-corrected chi connectivity index (χ3v) is 2.26. The van der Waals surface area contributed by atoms with E-state index in [1.807, 2.05) is 13.8 Å². The SMILES string of the molecule is CCCCC(CCCC)OC(=O)C(F)(F)F. The van der Waals surface area contributed by atoms with E-state index in [4.69, 9.17) is 0 Å². The minimum atomic E-state index is -4.88. The number of halogens is 3. The lowest BCUT2D eigenvalue weighted by Gasteiger charge is -2.18. The van der Waals surface area contributed by atoms with Crippen LogP contribution in [0.15, 0.2) is 0 Å². The molecule has 0 bridgehead atoms. The second-order valence-electron chi connectivity index (χ2n) is 3.81. The fraction of sp³-hybridized carbons (Fsp3) is 0.909. The summed E-state index contributed by atoms with van der Waals surface area (Å²) in [6.07, 6.45) is -1.13. The van der Waals surface area contributed by atoms with Crippen LogP contribution in [0.3, 0.4) is 0 Å². The first-order valence-corrected chi connectivity index (χ1v) is 5.69. The van der Waals surface area contributed by atoms with E-state index in [1.54, 1.807) is 0 Å². The predicted octanol–water partition coefficient (Wildman–Crippen LogP) is 3.84. The Kier molecular flexibility index (Phi) is 7.17. The Morgan fingerprint density at radius 3 is 1.88 bits per heavy atom. The summed E-state index contributed by atoms with van der Waals surface area (Å²) < 4.78 is 40.4. The zero-order valence-corrected chi connectivity index (χ0v) is 9.77. The maximum Gasteiger partial charge on any atom is 0.490 e. The first-order valence-electron chi connectivity index (χ1n) is 5.69. The molecule has 0 aromatic carbocycles. The van der Waals surface area contributed by atoms with Gasteiger partial charge in [-0.25, -0.2) is 4.79 Å². The molecule has 0 aromatic heterocycles. The molecule has 0 fully saturated rings. The molecule has 0 N–H and O–H groups in total.